The number of nitrogens with zero attached hydrogens (tertiary/aromatic N) is 2. The van der Waals surface area contributed by atoms with Crippen LogP contribution in [0.15, 0.2) is 46.8 Å². The monoisotopic (exact) mass is 358 g/mol. The number of hydrogen-bond acceptors (Lipinski definition) is 4. The van der Waals surface area contributed by atoms with Crippen LogP contribution >= 0.6 is 11.3 Å². The van der Waals surface area contributed by atoms with E-state index >= 15 is 0 Å². The number of rotatable bonds is 6. The largest absolute Gasteiger partial charge is 0.495 e. The zero-order valence-electron chi connectivity index (χ0n) is 14.9. The van der Waals surface area contributed by atoms with E-state index in [0.29, 0.717) is 6.04 Å². The average molecular weight is 359 g/mol. The van der Waals surface area contributed by atoms with Crippen molar-refractivity contribution in [3.63, 3.8) is 0 Å². The third-order valence-corrected chi connectivity index (χ3v) is 5.36. The highest BCUT2D eigenvalue weighted by molar-refractivity contribution is 7.09. The van der Waals surface area contributed by atoms with E-state index in [1.807, 2.05) is 19.2 Å². The fraction of sp³-hybridized carbons (Fsp3) is 0.421. The van der Waals surface area contributed by atoms with Crippen LogP contribution in [0, 0.1) is 0 Å². The lowest BCUT2D eigenvalue weighted by Gasteiger charge is -2.22. The summed E-state index contributed by atoms with van der Waals surface area (Å²) >= 11 is 1.80. The second-order valence-corrected chi connectivity index (χ2v) is 7.11. The quantitative estimate of drug-likeness (QED) is 0.616. The van der Waals surface area contributed by atoms with Crippen LogP contribution in [0.25, 0.3) is 0 Å². The molecular formula is C19H26N4OS. The van der Waals surface area contributed by atoms with E-state index in [1.165, 1.54) is 4.88 Å². The van der Waals surface area contributed by atoms with Crippen LogP contribution in [0.2, 0.25) is 0 Å². The van der Waals surface area contributed by atoms with Gasteiger partial charge >= 0.3 is 0 Å². The SMILES string of the molecule is CN=C(NCCc1cccs1)NC1CCN(c2ccccc2OC)C1. The maximum Gasteiger partial charge on any atom is 0.191 e. The molecule has 1 fully saturated rings. The second kappa shape index (κ2) is 8.76. The highest BCUT2D eigenvalue weighted by Crippen LogP contribution is 2.30. The van der Waals surface area contributed by atoms with Crippen molar-refractivity contribution in [2.24, 2.45) is 4.99 Å². The molecule has 1 aliphatic heterocycles. The first kappa shape index (κ1) is 17.6. The summed E-state index contributed by atoms with van der Waals surface area (Å²) in [7, 11) is 3.55. The maximum atomic E-state index is 5.49. The predicted molar refractivity (Wildman–Crippen MR) is 106 cm³/mol. The number of nitrogens with one attached hydrogen (secondary N) is 2. The van der Waals surface area contributed by atoms with Gasteiger partial charge in [0.05, 0.1) is 12.8 Å². The molecule has 3 rings (SSSR count). The minimum atomic E-state index is 0.387. The number of methoxy groups -OCH3 is 1. The number of para-hydroxylation sites is 2. The Morgan fingerprint density at radius 3 is 2.96 bits per heavy atom. The van der Waals surface area contributed by atoms with Crippen molar-refractivity contribution in [2.45, 2.75) is 18.9 Å². The third kappa shape index (κ3) is 4.66. The van der Waals surface area contributed by atoms with Gasteiger partial charge in [-0.25, -0.2) is 0 Å². The van der Waals surface area contributed by atoms with Gasteiger partial charge in [-0.15, -0.1) is 11.3 Å². The van der Waals surface area contributed by atoms with E-state index in [-0.39, 0.29) is 0 Å². The molecule has 25 heavy (non-hydrogen) atoms. The van der Waals surface area contributed by atoms with Crippen LogP contribution in [-0.4, -0.2) is 45.8 Å². The standard InChI is InChI=1S/C19H26N4OS/c1-20-19(21-11-9-16-6-5-13-25-16)22-15-10-12-23(14-15)17-7-3-4-8-18(17)24-2/h3-8,13,15H,9-12,14H2,1-2H3,(H2,20,21,22). The summed E-state index contributed by atoms with van der Waals surface area (Å²) in [5, 5.41) is 9.08. The Balaban J connectivity index is 1.49. The number of anilines is 1. The van der Waals surface area contributed by atoms with Crippen LogP contribution in [0.5, 0.6) is 5.75 Å². The lowest BCUT2D eigenvalue weighted by atomic mass is 10.2. The van der Waals surface area contributed by atoms with Gasteiger partial charge in [0.25, 0.3) is 0 Å². The number of thiophene rings is 1. The molecule has 1 aliphatic rings. The zero-order chi connectivity index (χ0) is 17.5. The summed E-state index contributed by atoms with van der Waals surface area (Å²) in [6.45, 7) is 2.86. The van der Waals surface area contributed by atoms with E-state index in [4.69, 9.17) is 4.74 Å². The van der Waals surface area contributed by atoms with Crippen LogP contribution < -0.4 is 20.3 Å². The molecule has 1 aromatic heterocycles. The normalized spacial score (nSPS) is 17.6. The fourth-order valence-electron chi connectivity index (χ4n) is 3.13. The minimum absolute atomic E-state index is 0.387. The Bertz CT molecular complexity index is 686. The molecule has 1 saturated heterocycles. The van der Waals surface area contributed by atoms with E-state index in [9.17, 15) is 0 Å². The van der Waals surface area contributed by atoms with Gasteiger partial charge in [-0.3, -0.25) is 4.99 Å². The Morgan fingerprint density at radius 1 is 1.32 bits per heavy atom. The van der Waals surface area contributed by atoms with E-state index in [2.05, 4.69) is 50.2 Å². The zero-order valence-corrected chi connectivity index (χ0v) is 15.7. The first-order valence-corrected chi connectivity index (χ1v) is 9.55. The van der Waals surface area contributed by atoms with Gasteiger partial charge in [-0.2, -0.15) is 0 Å². The van der Waals surface area contributed by atoms with Crippen molar-refractivity contribution in [1.29, 1.82) is 0 Å². The van der Waals surface area contributed by atoms with Gasteiger partial charge in [0.15, 0.2) is 5.96 Å². The molecule has 6 heteroatoms. The van der Waals surface area contributed by atoms with Gasteiger partial charge in [0.1, 0.15) is 5.75 Å². The average Bonchev–Trinajstić information content (AvgIpc) is 3.32. The van der Waals surface area contributed by atoms with Crippen molar-refractivity contribution >= 4 is 23.0 Å². The Morgan fingerprint density at radius 2 is 2.20 bits per heavy atom. The first-order chi connectivity index (χ1) is 12.3. The molecule has 1 aromatic carbocycles. The molecule has 0 saturated carbocycles. The van der Waals surface area contributed by atoms with Crippen LogP contribution in [0.3, 0.4) is 0 Å². The summed E-state index contributed by atoms with van der Waals surface area (Å²) < 4.78 is 5.49. The highest BCUT2D eigenvalue weighted by Gasteiger charge is 2.25. The van der Waals surface area contributed by atoms with E-state index in [0.717, 1.165) is 49.9 Å². The molecule has 1 unspecified atom stereocenters. The van der Waals surface area contributed by atoms with Crippen molar-refractivity contribution in [1.82, 2.24) is 10.6 Å². The molecule has 5 nitrogen and oxygen atoms in total. The molecule has 0 radical (unpaired) electrons. The smallest absolute Gasteiger partial charge is 0.191 e. The van der Waals surface area contributed by atoms with Crippen LogP contribution in [0.1, 0.15) is 11.3 Å². The van der Waals surface area contributed by atoms with Gasteiger partial charge in [-0.05, 0) is 36.4 Å². The fourth-order valence-corrected chi connectivity index (χ4v) is 3.84. The second-order valence-electron chi connectivity index (χ2n) is 6.08. The topological polar surface area (TPSA) is 48.9 Å². The Kier molecular flexibility index (Phi) is 6.17. The Hall–Kier alpha value is -2.21. The molecular weight excluding hydrogens is 332 g/mol. The summed E-state index contributed by atoms with van der Waals surface area (Å²) in [5.41, 5.74) is 1.16. The van der Waals surface area contributed by atoms with Gasteiger partial charge in [0, 0.05) is 37.6 Å². The molecule has 134 valence electrons. The third-order valence-electron chi connectivity index (χ3n) is 4.42. The first-order valence-electron chi connectivity index (χ1n) is 8.67. The summed E-state index contributed by atoms with van der Waals surface area (Å²) in [5.74, 6) is 1.81. The highest BCUT2D eigenvalue weighted by atomic mass is 32.1. The van der Waals surface area contributed by atoms with Crippen LogP contribution in [-0.2, 0) is 6.42 Å². The number of ether oxygens (including phenoxy) is 1. The van der Waals surface area contributed by atoms with E-state index < -0.39 is 0 Å². The lowest BCUT2D eigenvalue weighted by Crippen LogP contribution is -2.45. The van der Waals surface area contributed by atoms with Crippen LogP contribution in [0.4, 0.5) is 5.69 Å². The van der Waals surface area contributed by atoms with Crippen molar-refractivity contribution in [3.8, 4) is 5.75 Å². The summed E-state index contributed by atoms with van der Waals surface area (Å²) in [4.78, 5) is 8.12. The van der Waals surface area contributed by atoms with Crippen molar-refractivity contribution in [2.75, 3.05) is 38.7 Å². The number of aliphatic imine (C=N–C) groups is 1. The van der Waals surface area contributed by atoms with Gasteiger partial charge < -0.3 is 20.3 Å². The molecule has 0 bridgehead atoms. The van der Waals surface area contributed by atoms with Crippen molar-refractivity contribution < 1.29 is 4.74 Å². The molecule has 2 aromatic rings. The van der Waals surface area contributed by atoms with Gasteiger partial charge in [-0.1, -0.05) is 18.2 Å². The van der Waals surface area contributed by atoms with E-state index in [1.54, 1.807) is 18.4 Å². The molecule has 2 N–H and O–H groups in total. The summed E-state index contributed by atoms with van der Waals surface area (Å²) in [6, 6.07) is 12.9. The molecule has 2 heterocycles. The van der Waals surface area contributed by atoms with Gasteiger partial charge in [0.2, 0.25) is 0 Å². The lowest BCUT2D eigenvalue weighted by molar-refractivity contribution is 0.415. The number of benzene rings is 1. The molecule has 1 atom stereocenters. The molecule has 0 spiro atoms. The molecule has 0 aliphatic carbocycles. The number of hydrogen-bond donors (Lipinski definition) is 2. The summed E-state index contributed by atoms with van der Waals surface area (Å²) in [6.07, 6.45) is 2.11. The minimum Gasteiger partial charge on any atom is -0.495 e. The Labute approximate surface area is 153 Å². The predicted octanol–water partition coefficient (Wildman–Crippen LogP) is 2.74. The maximum absolute atomic E-state index is 5.49. The number of guanidine groups is 1. The molecule has 0 amide bonds. The van der Waals surface area contributed by atoms with Crippen molar-refractivity contribution in [3.05, 3.63) is 46.7 Å².